The van der Waals surface area contributed by atoms with Gasteiger partial charge in [0.05, 0.1) is 11.4 Å². The van der Waals surface area contributed by atoms with E-state index in [0.717, 1.165) is 17.0 Å². The summed E-state index contributed by atoms with van der Waals surface area (Å²) in [6, 6.07) is 9.76. The first-order chi connectivity index (χ1) is 8.89. The van der Waals surface area contributed by atoms with Crippen molar-refractivity contribution in [1.29, 1.82) is 0 Å². The van der Waals surface area contributed by atoms with Crippen LogP contribution in [0.1, 0.15) is 27.7 Å². The SMILES string of the molecule is CC1=C(C(C)(C)C)C=CC(O)C1=Nc1ccccc1. The largest absolute Gasteiger partial charge is 0.383 e. The second kappa shape index (κ2) is 5.14. The van der Waals surface area contributed by atoms with E-state index >= 15 is 0 Å². The van der Waals surface area contributed by atoms with E-state index in [1.807, 2.05) is 49.4 Å². The molecule has 1 atom stereocenters. The first-order valence-corrected chi connectivity index (χ1v) is 6.61. The molecule has 1 unspecified atom stereocenters. The number of aliphatic hydroxyl groups is 1. The smallest absolute Gasteiger partial charge is 0.115 e. The van der Waals surface area contributed by atoms with Crippen molar-refractivity contribution in [1.82, 2.24) is 0 Å². The van der Waals surface area contributed by atoms with Crippen LogP contribution in [0, 0.1) is 5.41 Å². The highest BCUT2D eigenvalue weighted by Crippen LogP contribution is 2.33. The molecule has 0 saturated heterocycles. The summed E-state index contributed by atoms with van der Waals surface area (Å²) in [5.74, 6) is 0. The van der Waals surface area contributed by atoms with E-state index in [1.165, 1.54) is 5.57 Å². The average molecular weight is 255 g/mol. The van der Waals surface area contributed by atoms with Crippen LogP contribution in [0.5, 0.6) is 0 Å². The first-order valence-electron chi connectivity index (χ1n) is 6.61. The van der Waals surface area contributed by atoms with Gasteiger partial charge in [0.2, 0.25) is 0 Å². The van der Waals surface area contributed by atoms with E-state index in [2.05, 4.69) is 25.8 Å². The number of benzene rings is 1. The van der Waals surface area contributed by atoms with E-state index in [0.29, 0.717) is 0 Å². The zero-order valence-electron chi connectivity index (χ0n) is 12.0. The summed E-state index contributed by atoms with van der Waals surface area (Å²) < 4.78 is 0. The number of para-hydroxylation sites is 1. The Balaban J connectivity index is 2.48. The number of rotatable bonds is 1. The molecule has 0 bridgehead atoms. The average Bonchev–Trinajstić information content (AvgIpc) is 2.34. The fraction of sp³-hybridized carbons (Fsp3) is 0.353. The highest BCUT2D eigenvalue weighted by Gasteiger charge is 2.25. The molecule has 0 heterocycles. The van der Waals surface area contributed by atoms with E-state index < -0.39 is 6.10 Å². The van der Waals surface area contributed by atoms with E-state index in [-0.39, 0.29) is 5.41 Å². The summed E-state index contributed by atoms with van der Waals surface area (Å²) in [5.41, 5.74) is 3.98. The highest BCUT2D eigenvalue weighted by atomic mass is 16.3. The molecule has 0 saturated carbocycles. The van der Waals surface area contributed by atoms with Crippen molar-refractivity contribution in [3.05, 3.63) is 53.6 Å². The van der Waals surface area contributed by atoms with Crippen LogP contribution in [-0.2, 0) is 0 Å². The molecule has 1 N–H and O–H groups in total. The van der Waals surface area contributed by atoms with Crippen LogP contribution >= 0.6 is 0 Å². The number of aliphatic hydroxyl groups excluding tert-OH is 1. The van der Waals surface area contributed by atoms with E-state index in [1.54, 1.807) is 0 Å². The van der Waals surface area contributed by atoms with Crippen LogP contribution in [0.25, 0.3) is 0 Å². The zero-order chi connectivity index (χ0) is 14.0. The van der Waals surface area contributed by atoms with Crippen molar-refractivity contribution in [2.24, 2.45) is 10.4 Å². The fourth-order valence-electron chi connectivity index (χ4n) is 2.37. The summed E-state index contributed by atoms with van der Waals surface area (Å²) in [5, 5.41) is 10.1. The molecule has 1 aliphatic carbocycles. The van der Waals surface area contributed by atoms with Gasteiger partial charge < -0.3 is 5.11 Å². The van der Waals surface area contributed by atoms with Crippen LogP contribution in [0.2, 0.25) is 0 Å². The van der Waals surface area contributed by atoms with Crippen molar-refractivity contribution < 1.29 is 5.11 Å². The van der Waals surface area contributed by atoms with Crippen molar-refractivity contribution in [3.63, 3.8) is 0 Å². The fourth-order valence-corrected chi connectivity index (χ4v) is 2.37. The minimum absolute atomic E-state index is 0.0538. The van der Waals surface area contributed by atoms with Gasteiger partial charge in [-0.25, -0.2) is 0 Å². The van der Waals surface area contributed by atoms with Crippen LogP contribution in [0.15, 0.2) is 58.6 Å². The Morgan fingerprint density at radius 2 is 1.74 bits per heavy atom. The minimum atomic E-state index is -0.619. The Morgan fingerprint density at radius 3 is 2.32 bits per heavy atom. The highest BCUT2D eigenvalue weighted by molar-refractivity contribution is 6.07. The lowest BCUT2D eigenvalue weighted by atomic mass is 9.79. The molecule has 0 aromatic heterocycles. The van der Waals surface area contributed by atoms with Gasteiger partial charge in [-0.05, 0) is 41.7 Å². The molecule has 100 valence electrons. The van der Waals surface area contributed by atoms with Crippen LogP contribution < -0.4 is 0 Å². The number of aliphatic imine (C=N–C) groups is 1. The maximum absolute atomic E-state index is 10.1. The summed E-state index contributed by atoms with van der Waals surface area (Å²) in [4.78, 5) is 4.60. The maximum atomic E-state index is 10.1. The van der Waals surface area contributed by atoms with Crippen molar-refractivity contribution in [2.45, 2.75) is 33.8 Å². The lowest BCUT2D eigenvalue weighted by molar-refractivity contribution is 0.287. The van der Waals surface area contributed by atoms with Gasteiger partial charge in [-0.15, -0.1) is 0 Å². The summed E-state index contributed by atoms with van der Waals surface area (Å²) in [7, 11) is 0. The Labute approximate surface area is 115 Å². The van der Waals surface area contributed by atoms with Gasteiger partial charge in [-0.1, -0.05) is 45.0 Å². The molecule has 1 aromatic carbocycles. The van der Waals surface area contributed by atoms with Gasteiger partial charge in [0.15, 0.2) is 0 Å². The normalized spacial score (nSPS) is 22.2. The number of hydrogen-bond donors (Lipinski definition) is 1. The Morgan fingerprint density at radius 1 is 1.11 bits per heavy atom. The van der Waals surface area contributed by atoms with Gasteiger partial charge in [0, 0.05) is 0 Å². The van der Waals surface area contributed by atoms with Crippen molar-refractivity contribution >= 4 is 11.4 Å². The lowest BCUT2D eigenvalue weighted by Gasteiger charge is -2.28. The van der Waals surface area contributed by atoms with Crippen LogP contribution in [-0.4, -0.2) is 16.9 Å². The van der Waals surface area contributed by atoms with E-state index in [4.69, 9.17) is 0 Å². The Kier molecular flexibility index (Phi) is 3.72. The monoisotopic (exact) mass is 255 g/mol. The Bertz CT molecular complexity index is 544. The van der Waals surface area contributed by atoms with Crippen LogP contribution in [0.3, 0.4) is 0 Å². The third kappa shape index (κ3) is 3.02. The van der Waals surface area contributed by atoms with Crippen molar-refractivity contribution in [3.8, 4) is 0 Å². The molecule has 2 nitrogen and oxygen atoms in total. The number of hydrogen-bond acceptors (Lipinski definition) is 2. The topological polar surface area (TPSA) is 32.6 Å². The summed E-state index contributed by atoms with van der Waals surface area (Å²) in [6.07, 6.45) is 3.21. The first kappa shape index (κ1) is 13.8. The van der Waals surface area contributed by atoms with Gasteiger partial charge >= 0.3 is 0 Å². The predicted molar refractivity (Wildman–Crippen MR) is 80.8 cm³/mol. The molecule has 0 amide bonds. The minimum Gasteiger partial charge on any atom is -0.383 e. The molecule has 0 spiro atoms. The lowest BCUT2D eigenvalue weighted by Crippen LogP contribution is -2.26. The molecule has 1 aliphatic rings. The van der Waals surface area contributed by atoms with E-state index in [9.17, 15) is 5.11 Å². The Hall–Kier alpha value is -1.67. The molecular formula is C17H21NO. The second-order valence-corrected chi connectivity index (χ2v) is 5.93. The number of nitrogens with zero attached hydrogens (tertiary/aromatic N) is 1. The molecule has 2 rings (SSSR count). The third-order valence-corrected chi connectivity index (χ3v) is 3.33. The molecular weight excluding hydrogens is 234 g/mol. The second-order valence-electron chi connectivity index (χ2n) is 5.93. The molecule has 0 radical (unpaired) electrons. The number of allylic oxidation sites excluding steroid dienone is 2. The predicted octanol–water partition coefficient (Wildman–Crippen LogP) is 4.05. The van der Waals surface area contributed by atoms with Gasteiger partial charge in [0.1, 0.15) is 6.10 Å². The molecule has 1 aromatic rings. The van der Waals surface area contributed by atoms with Crippen molar-refractivity contribution in [2.75, 3.05) is 0 Å². The summed E-state index contributed by atoms with van der Waals surface area (Å²) in [6.45, 7) is 8.56. The standard InChI is InChI=1S/C17H21NO/c1-12-14(17(2,3)4)10-11-15(19)16(12)18-13-8-6-5-7-9-13/h5-11,15,19H,1-4H3. The molecule has 0 aliphatic heterocycles. The maximum Gasteiger partial charge on any atom is 0.115 e. The molecule has 2 heteroatoms. The summed E-state index contributed by atoms with van der Waals surface area (Å²) >= 11 is 0. The third-order valence-electron chi connectivity index (χ3n) is 3.33. The quantitative estimate of drug-likeness (QED) is 0.806. The zero-order valence-corrected chi connectivity index (χ0v) is 12.0. The molecule has 19 heavy (non-hydrogen) atoms. The van der Waals surface area contributed by atoms with Gasteiger partial charge in [-0.3, -0.25) is 4.99 Å². The molecule has 0 fully saturated rings. The van der Waals surface area contributed by atoms with Crippen LogP contribution in [0.4, 0.5) is 5.69 Å². The van der Waals surface area contributed by atoms with Gasteiger partial charge in [-0.2, -0.15) is 0 Å². The van der Waals surface area contributed by atoms with Gasteiger partial charge in [0.25, 0.3) is 0 Å².